The van der Waals surface area contributed by atoms with Crippen molar-refractivity contribution in [3.8, 4) is 10.7 Å². The zero-order valence-electron chi connectivity index (χ0n) is 14.5. The molecule has 3 heterocycles. The molecule has 2 unspecified atom stereocenters. The maximum Gasteiger partial charge on any atom is 0.271 e. The quantitative estimate of drug-likeness (QED) is 0.858. The number of aliphatic hydroxyl groups excluding tert-OH is 1. The molecule has 0 radical (unpaired) electrons. The number of hydrogen-bond donors (Lipinski definition) is 2. The SMILES string of the molecule is CC(=O)N1CC(O)CC(NC(=O)c2csc(-c3ccc(C)n3C)n2)C1. The monoisotopic (exact) mass is 362 g/mol. The second kappa shape index (κ2) is 6.97. The lowest BCUT2D eigenvalue weighted by Crippen LogP contribution is -2.53. The molecule has 0 spiro atoms. The number of piperidine rings is 1. The minimum absolute atomic E-state index is 0.104. The Hall–Kier alpha value is -2.19. The number of hydrogen-bond acceptors (Lipinski definition) is 5. The van der Waals surface area contributed by atoms with Crippen LogP contribution in [0.5, 0.6) is 0 Å². The summed E-state index contributed by atoms with van der Waals surface area (Å²) in [4.78, 5) is 30.0. The second-order valence-electron chi connectivity index (χ2n) is 6.44. The summed E-state index contributed by atoms with van der Waals surface area (Å²) < 4.78 is 2.03. The molecule has 0 aromatic carbocycles. The number of rotatable bonds is 3. The van der Waals surface area contributed by atoms with Gasteiger partial charge in [-0.05, 0) is 25.5 Å². The Labute approximate surface area is 150 Å². The van der Waals surface area contributed by atoms with Crippen molar-refractivity contribution in [3.05, 3.63) is 28.9 Å². The van der Waals surface area contributed by atoms with E-state index in [1.54, 1.807) is 10.3 Å². The zero-order valence-corrected chi connectivity index (χ0v) is 15.3. The van der Waals surface area contributed by atoms with Gasteiger partial charge in [0.25, 0.3) is 5.91 Å². The van der Waals surface area contributed by atoms with Crippen molar-refractivity contribution >= 4 is 23.2 Å². The Kier molecular flexibility index (Phi) is 4.91. The van der Waals surface area contributed by atoms with E-state index in [-0.39, 0.29) is 17.9 Å². The van der Waals surface area contributed by atoms with Gasteiger partial charge in [0, 0.05) is 44.2 Å². The molecule has 0 bridgehead atoms. The van der Waals surface area contributed by atoms with Crippen molar-refractivity contribution < 1.29 is 14.7 Å². The Morgan fingerprint density at radius 1 is 1.36 bits per heavy atom. The molecule has 3 rings (SSSR count). The Morgan fingerprint density at radius 3 is 2.76 bits per heavy atom. The van der Waals surface area contributed by atoms with Crippen molar-refractivity contribution in [1.29, 1.82) is 0 Å². The average molecular weight is 362 g/mol. The number of nitrogens with zero attached hydrogens (tertiary/aromatic N) is 3. The topological polar surface area (TPSA) is 87.5 Å². The molecule has 0 aliphatic carbocycles. The smallest absolute Gasteiger partial charge is 0.271 e. The third-order valence-corrected chi connectivity index (χ3v) is 5.40. The largest absolute Gasteiger partial charge is 0.391 e. The second-order valence-corrected chi connectivity index (χ2v) is 7.30. The van der Waals surface area contributed by atoms with Crippen molar-refractivity contribution in [2.75, 3.05) is 13.1 Å². The van der Waals surface area contributed by atoms with Crippen LogP contribution in [0.15, 0.2) is 17.5 Å². The van der Waals surface area contributed by atoms with Gasteiger partial charge in [0.2, 0.25) is 5.91 Å². The molecular formula is C17H22N4O3S. The fourth-order valence-electron chi connectivity index (χ4n) is 3.02. The maximum atomic E-state index is 12.5. The number of carbonyl (C=O) groups excluding carboxylic acids is 2. The highest BCUT2D eigenvalue weighted by molar-refractivity contribution is 7.13. The van der Waals surface area contributed by atoms with Crippen LogP contribution in [0.4, 0.5) is 0 Å². The number of likely N-dealkylation sites (tertiary alicyclic amines) is 1. The first-order valence-electron chi connectivity index (χ1n) is 8.18. The summed E-state index contributed by atoms with van der Waals surface area (Å²) in [6.45, 7) is 4.20. The molecule has 25 heavy (non-hydrogen) atoms. The molecule has 2 amide bonds. The standard InChI is InChI=1S/C17H22N4O3S/c1-10-4-5-15(20(10)3)17-19-14(9-25-17)16(24)18-12-6-13(23)8-21(7-12)11(2)22/h4-5,9,12-13,23H,6-8H2,1-3H3,(H,18,24). The lowest BCUT2D eigenvalue weighted by molar-refractivity contribution is -0.132. The maximum absolute atomic E-state index is 12.5. The van der Waals surface area contributed by atoms with Crippen LogP contribution in [-0.2, 0) is 11.8 Å². The molecule has 2 N–H and O–H groups in total. The number of aryl methyl sites for hydroxylation is 1. The van der Waals surface area contributed by atoms with E-state index in [9.17, 15) is 14.7 Å². The molecule has 134 valence electrons. The summed E-state index contributed by atoms with van der Waals surface area (Å²) >= 11 is 1.42. The fourth-order valence-corrected chi connectivity index (χ4v) is 3.88. The van der Waals surface area contributed by atoms with E-state index in [2.05, 4.69) is 10.3 Å². The third-order valence-electron chi connectivity index (χ3n) is 4.54. The minimum atomic E-state index is -0.625. The molecule has 0 saturated carbocycles. The normalized spacial score (nSPS) is 20.6. The van der Waals surface area contributed by atoms with E-state index in [1.165, 1.54) is 18.3 Å². The van der Waals surface area contributed by atoms with Gasteiger partial charge in [-0.25, -0.2) is 4.98 Å². The fraction of sp³-hybridized carbons (Fsp3) is 0.471. The summed E-state index contributed by atoms with van der Waals surface area (Å²) in [5.74, 6) is -0.385. The Morgan fingerprint density at radius 2 is 2.12 bits per heavy atom. The predicted molar refractivity (Wildman–Crippen MR) is 95.4 cm³/mol. The van der Waals surface area contributed by atoms with Crippen LogP contribution in [0.2, 0.25) is 0 Å². The molecule has 1 aliphatic heterocycles. The number of amides is 2. The van der Waals surface area contributed by atoms with Crippen LogP contribution in [0, 0.1) is 6.92 Å². The van der Waals surface area contributed by atoms with Crippen molar-refractivity contribution in [3.63, 3.8) is 0 Å². The van der Waals surface area contributed by atoms with Crippen LogP contribution in [0.3, 0.4) is 0 Å². The summed E-state index contributed by atoms with van der Waals surface area (Å²) in [5.41, 5.74) is 2.45. The van der Waals surface area contributed by atoms with Crippen molar-refractivity contribution in [1.82, 2.24) is 19.8 Å². The van der Waals surface area contributed by atoms with Gasteiger partial charge in [-0.2, -0.15) is 0 Å². The van der Waals surface area contributed by atoms with Gasteiger partial charge in [-0.15, -0.1) is 11.3 Å². The van der Waals surface area contributed by atoms with Gasteiger partial charge in [0.05, 0.1) is 11.8 Å². The number of aliphatic hydroxyl groups is 1. The molecule has 2 atom stereocenters. The minimum Gasteiger partial charge on any atom is -0.391 e. The highest BCUT2D eigenvalue weighted by Gasteiger charge is 2.29. The number of carbonyl (C=O) groups is 2. The van der Waals surface area contributed by atoms with E-state index < -0.39 is 6.10 Å². The van der Waals surface area contributed by atoms with Gasteiger partial charge >= 0.3 is 0 Å². The first-order chi connectivity index (χ1) is 11.8. The van der Waals surface area contributed by atoms with E-state index in [4.69, 9.17) is 0 Å². The van der Waals surface area contributed by atoms with Crippen LogP contribution in [0.1, 0.15) is 29.5 Å². The van der Waals surface area contributed by atoms with E-state index in [0.29, 0.717) is 25.2 Å². The molecule has 2 aromatic rings. The molecule has 1 fully saturated rings. The molecular weight excluding hydrogens is 340 g/mol. The van der Waals surface area contributed by atoms with E-state index in [0.717, 1.165) is 16.4 Å². The van der Waals surface area contributed by atoms with Crippen LogP contribution >= 0.6 is 11.3 Å². The first-order valence-corrected chi connectivity index (χ1v) is 9.05. The number of β-amino-alcohol motifs (C(OH)–C–C–N with tert-alkyl or cyclic N) is 1. The average Bonchev–Trinajstić information content (AvgIpc) is 3.15. The summed E-state index contributed by atoms with van der Waals surface area (Å²) in [7, 11) is 1.96. The summed E-state index contributed by atoms with van der Waals surface area (Å²) in [6, 6.07) is 3.72. The molecule has 1 aliphatic rings. The highest BCUT2D eigenvalue weighted by Crippen LogP contribution is 2.25. The van der Waals surface area contributed by atoms with Gasteiger partial charge < -0.3 is 19.9 Å². The van der Waals surface area contributed by atoms with Gasteiger partial charge in [-0.1, -0.05) is 0 Å². The summed E-state index contributed by atoms with van der Waals surface area (Å²) in [6.07, 6.45) is -0.191. The van der Waals surface area contributed by atoms with Gasteiger partial charge in [-0.3, -0.25) is 9.59 Å². The third kappa shape index (κ3) is 3.74. The Balaban J connectivity index is 1.70. The van der Waals surface area contributed by atoms with Crippen molar-refractivity contribution in [2.45, 2.75) is 32.4 Å². The number of thiazole rings is 1. The summed E-state index contributed by atoms with van der Waals surface area (Å²) in [5, 5.41) is 15.3. The van der Waals surface area contributed by atoms with Gasteiger partial charge in [0.1, 0.15) is 10.7 Å². The van der Waals surface area contributed by atoms with Crippen LogP contribution in [0.25, 0.3) is 10.7 Å². The van der Waals surface area contributed by atoms with Crippen molar-refractivity contribution in [2.24, 2.45) is 7.05 Å². The number of aromatic nitrogens is 2. The van der Waals surface area contributed by atoms with E-state index in [1.807, 2.05) is 30.7 Å². The lowest BCUT2D eigenvalue weighted by atomic mass is 10.0. The Bertz CT molecular complexity index is 798. The van der Waals surface area contributed by atoms with Crippen LogP contribution in [-0.4, -0.2) is 56.6 Å². The lowest BCUT2D eigenvalue weighted by Gasteiger charge is -2.35. The first kappa shape index (κ1) is 17.6. The van der Waals surface area contributed by atoms with Gasteiger partial charge in [0.15, 0.2) is 0 Å². The molecule has 8 heteroatoms. The molecule has 1 saturated heterocycles. The molecule has 7 nitrogen and oxygen atoms in total. The predicted octanol–water partition coefficient (Wildman–Crippen LogP) is 1.17. The molecule has 2 aromatic heterocycles. The number of nitrogens with one attached hydrogen (secondary N) is 1. The zero-order chi connectivity index (χ0) is 18.1. The van der Waals surface area contributed by atoms with E-state index >= 15 is 0 Å². The van der Waals surface area contributed by atoms with Crippen LogP contribution < -0.4 is 5.32 Å². The highest BCUT2D eigenvalue weighted by atomic mass is 32.1.